The van der Waals surface area contributed by atoms with Crippen molar-refractivity contribution in [1.29, 1.82) is 0 Å². The number of carbonyl (C=O) groups is 5. The molecule has 0 unspecified atom stereocenters. The van der Waals surface area contributed by atoms with E-state index >= 15 is 0 Å². The van der Waals surface area contributed by atoms with Crippen LogP contribution in [0.25, 0.3) is 88.4 Å². The summed E-state index contributed by atoms with van der Waals surface area (Å²) >= 11 is 5.98. The van der Waals surface area contributed by atoms with Crippen molar-refractivity contribution in [3.63, 3.8) is 0 Å². The molecule has 0 spiro atoms. The number of pyridine rings is 2. The van der Waals surface area contributed by atoms with Crippen LogP contribution in [0.3, 0.4) is 0 Å². The van der Waals surface area contributed by atoms with Crippen LogP contribution in [0.4, 0.5) is 26.3 Å². The van der Waals surface area contributed by atoms with Crippen LogP contribution in [0.2, 0.25) is 5.02 Å². The molecule has 2 amide bonds. The molecule has 702 valence electrons. The van der Waals surface area contributed by atoms with Crippen LogP contribution in [-0.4, -0.2) is 154 Å². The SMILES string of the molecule is COc1ncccc1-c1cccc(Cn2cnc3ccc(C(=O)CO)cc3c2=O)c1.CS(=O)(=O)c1cccc(Cn2cnc3ccc(C(=O)NO)cc3c2=O)c1.Cc1nc2cc(C(=O)NO)ccc2c(=O)n1C.O=C(CO)c1ccc2c(=O)n(Cc3ccc(C(F)(F)F)cc3)c(-c3ccc(Cl)cc3)nc2c1.O=C(CO)c1ccc2c(=O)n(Cc3ccc(C(F)(F)F)cc3)c(-c3cccnc3)nc2c1. The van der Waals surface area contributed by atoms with Crippen LogP contribution in [-0.2, 0) is 55.4 Å². The Bertz CT molecular complexity index is 8030. The quantitative estimate of drug-likeness (QED) is 0.0152. The number of methoxy groups -OCH3 is 1. The van der Waals surface area contributed by atoms with Gasteiger partial charge in [0.25, 0.3) is 39.6 Å². The fourth-order valence-electron chi connectivity index (χ4n) is 14.2. The second kappa shape index (κ2) is 42.9. The fraction of sp³-hybridized carbons (Fsp3) is 0.133. The molecule has 17 aromatic rings. The molecule has 0 saturated heterocycles. The van der Waals surface area contributed by atoms with Gasteiger partial charge < -0.3 is 20.1 Å². The number of hydroxylamine groups is 2. The Kier molecular flexibility index (Phi) is 30.8. The molecule has 0 bridgehead atoms. The number of alkyl halides is 6. The number of ether oxygens (including phenoxy) is 1. The van der Waals surface area contributed by atoms with Gasteiger partial charge in [0.15, 0.2) is 27.2 Å². The number of aliphatic hydroxyl groups is 3. The number of carbonyl (C=O) groups excluding carboxylic acids is 5. The van der Waals surface area contributed by atoms with Gasteiger partial charge >= 0.3 is 12.4 Å². The first-order valence-electron chi connectivity index (χ1n) is 41.1. The molecule has 7 heterocycles. The van der Waals surface area contributed by atoms with Gasteiger partial charge in [0.05, 0.1) is 116 Å². The van der Waals surface area contributed by atoms with Crippen LogP contribution >= 0.6 is 11.6 Å². The topological polar surface area (TPSA) is 454 Å². The van der Waals surface area contributed by atoms with Crippen molar-refractivity contribution in [2.75, 3.05) is 33.2 Å². The van der Waals surface area contributed by atoms with E-state index in [0.29, 0.717) is 78.4 Å². The summed E-state index contributed by atoms with van der Waals surface area (Å²) < 4.78 is 113. The average Bonchev–Trinajstić information content (AvgIpc) is 0.754. The lowest BCUT2D eigenvalue weighted by molar-refractivity contribution is -0.138. The van der Waals surface area contributed by atoms with Crippen molar-refractivity contribution in [3.05, 3.63) is 392 Å². The molecular formula is C98H77ClF6N14O18S. The fourth-order valence-corrected chi connectivity index (χ4v) is 15.1. The molecule has 0 aliphatic rings. The lowest BCUT2D eigenvalue weighted by Crippen LogP contribution is -2.24. The number of halogens is 7. The number of fused-ring (bicyclic) bond motifs is 5. The highest BCUT2D eigenvalue weighted by Gasteiger charge is 2.32. The van der Waals surface area contributed by atoms with Crippen LogP contribution < -0.4 is 43.5 Å². The Hall–Kier alpha value is -16.4. The monoisotopic (exact) mass is 1920 g/mol. The number of nitrogens with zero attached hydrogens (tertiary/aromatic N) is 12. The maximum Gasteiger partial charge on any atom is 0.416 e. The number of aromatic nitrogens is 12. The smallest absolute Gasteiger partial charge is 0.416 e. The summed E-state index contributed by atoms with van der Waals surface area (Å²) in [6.07, 6.45) is -0.200. The maximum absolute atomic E-state index is 13.4. The van der Waals surface area contributed by atoms with Gasteiger partial charge in [-0.15, -0.1) is 0 Å². The van der Waals surface area contributed by atoms with Gasteiger partial charge in [-0.05, 0) is 205 Å². The van der Waals surface area contributed by atoms with E-state index in [1.807, 2.05) is 36.4 Å². The largest absolute Gasteiger partial charge is 0.481 e. The first-order chi connectivity index (χ1) is 65.9. The summed E-state index contributed by atoms with van der Waals surface area (Å²) in [5.41, 5.74) is 8.15. The minimum atomic E-state index is -4.46. The average molecular weight is 1920 g/mol. The van der Waals surface area contributed by atoms with Crippen LogP contribution in [0.1, 0.15) is 91.0 Å². The minimum Gasteiger partial charge on any atom is -0.481 e. The van der Waals surface area contributed by atoms with E-state index in [9.17, 15) is 82.7 Å². The van der Waals surface area contributed by atoms with Crippen molar-refractivity contribution >= 4 is 105 Å². The number of ketones is 3. The number of sulfone groups is 1. The number of amides is 2. The number of rotatable bonds is 21. The van der Waals surface area contributed by atoms with E-state index in [1.165, 1.54) is 168 Å². The second-order valence-corrected chi connectivity index (χ2v) is 33.1. The standard InChI is InChI=1S/C24H16ClF3N2O3.C23H16F3N3O3.C23H19N3O4.C17H15N3O5S.C11H11N3O3/c25-18-8-3-15(4-9-18)22-29-20-11-16(21(32)13-31)5-10-19(20)23(33)30(22)12-14-1-6-17(7-2-14)24(26,27)28;24-23(25,26)17-6-3-14(4-7-17)12-29-21(16-2-1-9-27-11-16)28-19-10-15(20(31)13-30)5-8-18(19)22(29)32;1-30-22-18(6-3-9-24-22)16-5-2-4-15(10-16)12-26-14-25-20-8-7-17(21(28)13-27)11-19(20)23(26)29;1-26(24,25)13-4-2-3-11(7-13)9-20-10-18-15-6-5-12(16(21)19-23)8-14(15)17(20)22;1-6-12-9-5-7(10(15)13-17)3-4-8(9)11(16)14(6)2/h1-11,31H,12-13H2;1-11,30H,12-13H2;2-11,14,27H,12-13H2,1H3;2-8,10,23H,9H2,1H3,(H,19,21);3-5,17H,1-2H3,(H,13,15). The van der Waals surface area contributed by atoms with E-state index in [2.05, 4.69) is 34.9 Å². The third-order valence-electron chi connectivity index (χ3n) is 21.5. The Labute approximate surface area is 780 Å². The summed E-state index contributed by atoms with van der Waals surface area (Å²) in [5, 5.41) is 46.5. The Morgan fingerprint density at radius 1 is 0.428 bits per heavy atom. The first-order valence-corrected chi connectivity index (χ1v) is 43.4. The number of benzene rings is 10. The molecule has 7 N–H and O–H groups in total. The minimum absolute atomic E-state index is 0.0124. The van der Waals surface area contributed by atoms with Crippen LogP contribution in [0, 0.1) is 6.92 Å². The third kappa shape index (κ3) is 23.1. The normalized spacial score (nSPS) is 11.3. The number of aryl methyl sites for hydroxylation is 1. The Morgan fingerprint density at radius 2 is 0.855 bits per heavy atom. The van der Waals surface area contributed by atoms with Crippen molar-refractivity contribution < 1.29 is 89.2 Å². The molecular weight excluding hydrogens is 1840 g/mol. The Balaban J connectivity index is 0.000000148. The summed E-state index contributed by atoms with van der Waals surface area (Å²) in [7, 11) is -0.139. The number of nitrogens with one attached hydrogen (secondary N) is 2. The third-order valence-corrected chi connectivity index (χ3v) is 22.8. The van der Waals surface area contributed by atoms with Gasteiger partial charge in [0.2, 0.25) is 5.88 Å². The zero-order valence-electron chi connectivity index (χ0n) is 72.8. The highest BCUT2D eigenvalue weighted by molar-refractivity contribution is 7.90. The summed E-state index contributed by atoms with van der Waals surface area (Å²) in [4.78, 5) is 153. The van der Waals surface area contributed by atoms with Gasteiger partial charge in [-0.3, -0.25) is 86.2 Å². The lowest BCUT2D eigenvalue weighted by atomic mass is 10.0. The summed E-state index contributed by atoms with van der Waals surface area (Å²) in [6, 6.07) is 58.9. The molecule has 0 saturated carbocycles. The molecule has 0 radical (unpaired) electrons. The van der Waals surface area contributed by atoms with E-state index in [-0.39, 0.29) is 108 Å². The summed E-state index contributed by atoms with van der Waals surface area (Å²) in [6.45, 7) is 0.158. The van der Waals surface area contributed by atoms with E-state index in [0.717, 1.165) is 47.2 Å². The zero-order chi connectivity index (χ0) is 99.2. The molecule has 40 heteroatoms. The predicted molar refractivity (Wildman–Crippen MR) is 497 cm³/mol. The van der Waals surface area contributed by atoms with Crippen molar-refractivity contribution in [1.82, 2.24) is 68.7 Å². The predicted octanol–water partition coefficient (Wildman–Crippen LogP) is 12.7. The molecule has 7 aromatic heterocycles. The van der Waals surface area contributed by atoms with E-state index in [4.69, 9.17) is 42.1 Å². The maximum atomic E-state index is 13.4. The highest BCUT2D eigenvalue weighted by Crippen LogP contribution is 2.34. The number of Topliss-reactive ketones (excluding diaryl/α,β-unsaturated/α-hetero) is 3. The molecule has 32 nitrogen and oxygen atoms in total. The van der Waals surface area contributed by atoms with Gasteiger partial charge in [0.1, 0.15) is 37.3 Å². The molecule has 0 atom stereocenters. The van der Waals surface area contributed by atoms with Crippen LogP contribution in [0.15, 0.2) is 297 Å². The Morgan fingerprint density at radius 3 is 1.33 bits per heavy atom. The lowest BCUT2D eigenvalue weighted by Gasteiger charge is -2.15. The van der Waals surface area contributed by atoms with Crippen molar-refractivity contribution in [3.8, 4) is 39.8 Å². The highest BCUT2D eigenvalue weighted by atomic mass is 35.5. The zero-order valence-corrected chi connectivity index (χ0v) is 74.4. The van der Waals surface area contributed by atoms with Crippen LogP contribution in [0.5, 0.6) is 5.88 Å². The first kappa shape index (κ1) is 99.1. The molecule has 17 rings (SSSR count). The number of hydrogen-bond donors (Lipinski definition) is 7. The molecule has 0 aliphatic carbocycles. The van der Waals surface area contributed by atoms with E-state index < -0.39 is 93.4 Å². The van der Waals surface area contributed by atoms with Gasteiger partial charge in [0, 0.05) is 81.4 Å². The van der Waals surface area contributed by atoms with Crippen molar-refractivity contribution in [2.45, 2.75) is 50.4 Å². The number of aliphatic hydroxyl groups excluding tert-OH is 3. The molecule has 10 aromatic carbocycles. The summed E-state index contributed by atoms with van der Waals surface area (Å²) in [5.74, 6) is -1.23. The second-order valence-electron chi connectivity index (χ2n) is 30.6. The van der Waals surface area contributed by atoms with Crippen molar-refractivity contribution in [2.24, 2.45) is 7.05 Å². The molecule has 0 aliphatic heterocycles. The van der Waals surface area contributed by atoms with Gasteiger partial charge in [-0.2, -0.15) is 26.3 Å². The molecule has 138 heavy (non-hydrogen) atoms. The number of hydrogen-bond acceptors (Lipinski definition) is 25. The van der Waals surface area contributed by atoms with E-state index in [1.54, 1.807) is 94.1 Å². The van der Waals surface area contributed by atoms with Gasteiger partial charge in [-0.1, -0.05) is 78.3 Å². The molecule has 0 fully saturated rings. The van der Waals surface area contributed by atoms with Gasteiger partial charge in [-0.25, -0.2) is 49.3 Å².